The van der Waals surface area contributed by atoms with E-state index >= 15 is 0 Å². The molecule has 1 aromatic heterocycles. The van der Waals surface area contributed by atoms with Crippen molar-refractivity contribution in [1.82, 2.24) is 4.98 Å². The Labute approximate surface area is 88.1 Å². The van der Waals surface area contributed by atoms with E-state index in [1.54, 1.807) is 0 Å². The zero-order valence-corrected chi connectivity index (χ0v) is 9.50. The van der Waals surface area contributed by atoms with Crippen molar-refractivity contribution in [1.29, 1.82) is 0 Å². The first kappa shape index (κ1) is 10.5. The number of alkyl halides is 1. The standard InChI is InChI=1S/C10H15BrN2/c1-2-8-13(9-5-11)10-3-6-12-7-4-10/h3-4,6-7H,2,5,8-9H2,1H3. The van der Waals surface area contributed by atoms with Gasteiger partial charge in [-0.05, 0) is 18.6 Å². The van der Waals surface area contributed by atoms with Gasteiger partial charge < -0.3 is 4.90 Å². The van der Waals surface area contributed by atoms with Crippen LogP contribution in [0.5, 0.6) is 0 Å². The Hall–Kier alpha value is -0.570. The number of halogens is 1. The second kappa shape index (κ2) is 5.97. The van der Waals surface area contributed by atoms with E-state index in [0.717, 1.165) is 18.4 Å². The summed E-state index contributed by atoms with van der Waals surface area (Å²) in [5.74, 6) is 0. The lowest BCUT2D eigenvalue weighted by Gasteiger charge is -2.22. The normalized spacial score (nSPS) is 10.0. The van der Waals surface area contributed by atoms with E-state index in [2.05, 4.69) is 44.9 Å². The molecule has 0 atom stereocenters. The second-order valence-electron chi connectivity index (χ2n) is 2.88. The first-order valence-electron chi connectivity index (χ1n) is 4.59. The van der Waals surface area contributed by atoms with Gasteiger partial charge in [-0.1, -0.05) is 22.9 Å². The van der Waals surface area contributed by atoms with Gasteiger partial charge in [-0.3, -0.25) is 4.98 Å². The molecule has 0 aliphatic heterocycles. The fraction of sp³-hybridized carbons (Fsp3) is 0.500. The third-order valence-electron chi connectivity index (χ3n) is 1.88. The number of rotatable bonds is 5. The molecule has 0 bridgehead atoms. The molecule has 0 saturated heterocycles. The summed E-state index contributed by atoms with van der Waals surface area (Å²) in [6.45, 7) is 4.36. The molecule has 1 aromatic rings. The first-order chi connectivity index (χ1) is 6.38. The molecule has 0 fully saturated rings. The molecule has 0 aromatic carbocycles. The third-order valence-corrected chi connectivity index (χ3v) is 2.23. The van der Waals surface area contributed by atoms with Gasteiger partial charge in [0.05, 0.1) is 0 Å². The maximum Gasteiger partial charge on any atom is 0.0397 e. The summed E-state index contributed by atoms with van der Waals surface area (Å²) in [7, 11) is 0. The van der Waals surface area contributed by atoms with Crippen LogP contribution in [-0.4, -0.2) is 23.4 Å². The van der Waals surface area contributed by atoms with Gasteiger partial charge in [-0.15, -0.1) is 0 Å². The molecule has 2 nitrogen and oxygen atoms in total. The molecule has 1 heterocycles. The molecule has 1 rings (SSSR count). The minimum Gasteiger partial charge on any atom is -0.371 e. The Bertz CT molecular complexity index is 220. The van der Waals surface area contributed by atoms with Gasteiger partial charge in [0.15, 0.2) is 0 Å². The number of pyridine rings is 1. The van der Waals surface area contributed by atoms with Crippen LogP contribution in [0, 0.1) is 0 Å². The van der Waals surface area contributed by atoms with Gasteiger partial charge in [0, 0.05) is 36.5 Å². The smallest absolute Gasteiger partial charge is 0.0397 e. The number of hydrogen-bond acceptors (Lipinski definition) is 2. The van der Waals surface area contributed by atoms with Crippen molar-refractivity contribution in [3.63, 3.8) is 0 Å². The molecule has 0 radical (unpaired) electrons. The minimum atomic E-state index is 1.01. The van der Waals surface area contributed by atoms with Crippen LogP contribution in [0.25, 0.3) is 0 Å². The van der Waals surface area contributed by atoms with E-state index in [0.29, 0.717) is 0 Å². The van der Waals surface area contributed by atoms with E-state index < -0.39 is 0 Å². The largest absolute Gasteiger partial charge is 0.371 e. The molecule has 72 valence electrons. The Morgan fingerprint density at radius 2 is 2.00 bits per heavy atom. The summed E-state index contributed by atoms with van der Waals surface area (Å²) in [4.78, 5) is 6.37. The predicted molar refractivity (Wildman–Crippen MR) is 60.5 cm³/mol. The van der Waals surface area contributed by atoms with Crippen molar-refractivity contribution in [2.24, 2.45) is 0 Å². The SMILES string of the molecule is CCCN(CCBr)c1ccncc1. The van der Waals surface area contributed by atoms with Gasteiger partial charge >= 0.3 is 0 Å². The summed E-state index contributed by atoms with van der Waals surface area (Å²) in [6.07, 6.45) is 4.85. The second-order valence-corrected chi connectivity index (χ2v) is 3.67. The maximum atomic E-state index is 4.01. The van der Waals surface area contributed by atoms with Crippen LogP contribution in [0.1, 0.15) is 13.3 Å². The molecule has 0 aliphatic carbocycles. The van der Waals surface area contributed by atoms with Crippen molar-refractivity contribution >= 4 is 21.6 Å². The average molecular weight is 243 g/mol. The van der Waals surface area contributed by atoms with Crippen LogP contribution < -0.4 is 4.90 Å². The van der Waals surface area contributed by atoms with Crippen molar-refractivity contribution in [3.05, 3.63) is 24.5 Å². The van der Waals surface area contributed by atoms with Crippen LogP contribution >= 0.6 is 15.9 Å². The fourth-order valence-electron chi connectivity index (χ4n) is 1.30. The zero-order valence-electron chi connectivity index (χ0n) is 7.91. The summed E-state index contributed by atoms with van der Waals surface area (Å²) >= 11 is 3.46. The molecular weight excluding hydrogens is 228 g/mol. The average Bonchev–Trinajstić information content (AvgIpc) is 2.19. The van der Waals surface area contributed by atoms with Crippen molar-refractivity contribution < 1.29 is 0 Å². The van der Waals surface area contributed by atoms with E-state index in [-0.39, 0.29) is 0 Å². The van der Waals surface area contributed by atoms with Crippen molar-refractivity contribution in [3.8, 4) is 0 Å². The lowest BCUT2D eigenvalue weighted by Crippen LogP contribution is -2.25. The Kier molecular flexibility index (Phi) is 4.83. The van der Waals surface area contributed by atoms with Crippen LogP contribution in [0.15, 0.2) is 24.5 Å². The summed E-state index contributed by atoms with van der Waals surface area (Å²) in [5, 5.41) is 1.01. The molecule has 0 amide bonds. The molecule has 0 spiro atoms. The third kappa shape index (κ3) is 3.35. The monoisotopic (exact) mass is 242 g/mol. The minimum absolute atomic E-state index is 1.01. The van der Waals surface area contributed by atoms with Crippen LogP contribution in [0.3, 0.4) is 0 Å². The van der Waals surface area contributed by atoms with Gasteiger partial charge in [0.25, 0.3) is 0 Å². The van der Waals surface area contributed by atoms with Gasteiger partial charge in [0.1, 0.15) is 0 Å². The van der Waals surface area contributed by atoms with E-state index in [1.165, 1.54) is 12.1 Å². The molecule has 3 heteroatoms. The maximum absolute atomic E-state index is 4.01. The highest BCUT2D eigenvalue weighted by Gasteiger charge is 2.02. The number of anilines is 1. The number of hydrogen-bond donors (Lipinski definition) is 0. The number of nitrogens with zero attached hydrogens (tertiary/aromatic N) is 2. The summed E-state index contributed by atoms with van der Waals surface area (Å²) in [5.41, 5.74) is 1.26. The van der Waals surface area contributed by atoms with Crippen molar-refractivity contribution in [2.45, 2.75) is 13.3 Å². The summed E-state index contributed by atoms with van der Waals surface area (Å²) < 4.78 is 0. The highest BCUT2D eigenvalue weighted by atomic mass is 79.9. The highest BCUT2D eigenvalue weighted by molar-refractivity contribution is 9.09. The van der Waals surface area contributed by atoms with Crippen LogP contribution in [0.2, 0.25) is 0 Å². The van der Waals surface area contributed by atoms with E-state index in [4.69, 9.17) is 0 Å². The Morgan fingerprint density at radius 3 is 2.54 bits per heavy atom. The van der Waals surface area contributed by atoms with E-state index in [1.807, 2.05) is 12.4 Å². The van der Waals surface area contributed by atoms with Gasteiger partial charge in [-0.2, -0.15) is 0 Å². The molecule has 0 N–H and O–H groups in total. The first-order valence-corrected chi connectivity index (χ1v) is 5.71. The summed E-state index contributed by atoms with van der Waals surface area (Å²) in [6, 6.07) is 4.11. The molecule has 0 aliphatic rings. The Morgan fingerprint density at radius 1 is 1.31 bits per heavy atom. The molecule has 0 saturated carbocycles. The fourth-order valence-corrected chi connectivity index (χ4v) is 1.72. The van der Waals surface area contributed by atoms with Crippen LogP contribution in [-0.2, 0) is 0 Å². The van der Waals surface area contributed by atoms with E-state index in [9.17, 15) is 0 Å². The van der Waals surface area contributed by atoms with Gasteiger partial charge in [-0.25, -0.2) is 0 Å². The number of aromatic nitrogens is 1. The lowest BCUT2D eigenvalue weighted by atomic mass is 10.3. The quantitative estimate of drug-likeness (QED) is 0.739. The highest BCUT2D eigenvalue weighted by Crippen LogP contribution is 2.12. The topological polar surface area (TPSA) is 16.1 Å². The molecule has 13 heavy (non-hydrogen) atoms. The van der Waals surface area contributed by atoms with Crippen LogP contribution in [0.4, 0.5) is 5.69 Å². The molecule has 0 unspecified atom stereocenters. The lowest BCUT2D eigenvalue weighted by molar-refractivity contribution is 0.796. The molecular formula is C10H15BrN2. The zero-order chi connectivity index (χ0) is 9.52. The predicted octanol–water partition coefficient (Wildman–Crippen LogP) is 2.69. The van der Waals surface area contributed by atoms with Crippen molar-refractivity contribution in [2.75, 3.05) is 23.3 Å². The Balaban J connectivity index is 2.64. The van der Waals surface area contributed by atoms with Gasteiger partial charge in [0.2, 0.25) is 0 Å².